The molecule has 1 amide bonds. The smallest absolute Gasteiger partial charge is 0.334 e. The summed E-state index contributed by atoms with van der Waals surface area (Å²) in [7, 11) is 0.586. The number of rotatable bonds is 7. The minimum absolute atomic E-state index is 0.0341. The van der Waals surface area contributed by atoms with E-state index in [0.29, 0.717) is 12.5 Å². The zero-order chi connectivity index (χ0) is 17.8. The van der Waals surface area contributed by atoms with Crippen LogP contribution in [0.2, 0.25) is 12.6 Å². The van der Waals surface area contributed by atoms with E-state index in [9.17, 15) is 26.7 Å². The molecule has 0 fully saturated rings. The molecule has 10 heteroatoms. The highest BCUT2D eigenvalue weighted by Gasteiger charge is 2.30. The predicted molar refractivity (Wildman–Crippen MR) is 73.6 cm³/mol. The lowest BCUT2D eigenvalue weighted by molar-refractivity contribution is 0.0941. The summed E-state index contributed by atoms with van der Waals surface area (Å²) >= 11 is 0. The van der Waals surface area contributed by atoms with Gasteiger partial charge in [-0.2, -0.15) is 0 Å². The lowest BCUT2D eigenvalue weighted by atomic mass is 10.1. The van der Waals surface area contributed by atoms with Crippen LogP contribution in [0.3, 0.4) is 0 Å². The molecule has 23 heavy (non-hydrogen) atoms. The topological polar surface area (TPSA) is 47.6 Å². The Morgan fingerprint density at radius 2 is 1.39 bits per heavy atom. The fraction of sp³-hybridized carbons (Fsp3) is 0.462. The first kappa shape index (κ1) is 19.5. The highest BCUT2D eigenvalue weighted by Crippen LogP contribution is 2.23. The van der Waals surface area contributed by atoms with E-state index >= 15 is 0 Å². The number of amides is 1. The minimum Gasteiger partial charge on any atom is -0.398 e. The molecule has 0 aliphatic heterocycles. The molecular formula is C13H16F5NO3Si. The van der Waals surface area contributed by atoms with Gasteiger partial charge < -0.3 is 14.2 Å². The van der Waals surface area contributed by atoms with Crippen LogP contribution in [-0.2, 0) is 8.85 Å². The second-order valence-corrected chi connectivity index (χ2v) is 8.43. The number of carbonyl (C=O) groups excluding carboxylic acids is 1. The largest absolute Gasteiger partial charge is 0.398 e. The number of hydrogen-bond acceptors (Lipinski definition) is 3. The molecule has 0 aromatic heterocycles. The average Bonchev–Trinajstić information content (AvgIpc) is 2.55. The Morgan fingerprint density at radius 3 is 1.83 bits per heavy atom. The number of hydrogen-bond donors (Lipinski definition) is 1. The van der Waals surface area contributed by atoms with E-state index in [1.54, 1.807) is 6.55 Å². The molecule has 0 saturated heterocycles. The van der Waals surface area contributed by atoms with Crippen molar-refractivity contribution in [2.75, 3.05) is 20.8 Å². The summed E-state index contributed by atoms with van der Waals surface area (Å²) < 4.78 is 76.3. The van der Waals surface area contributed by atoms with Gasteiger partial charge in [-0.25, -0.2) is 22.0 Å². The van der Waals surface area contributed by atoms with Crippen LogP contribution < -0.4 is 5.32 Å². The minimum atomic E-state index is -2.36. The lowest BCUT2D eigenvalue weighted by Crippen LogP contribution is -2.37. The van der Waals surface area contributed by atoms with Crippen LogP contribution in [0, 0.1) is 29.1 Å². The molecular weight excluding hydrogens is 341 g/mol. The molecule has 4 nitrogen and oxygen atoms in total. The second kappa shape index (κ2) is 7.84. The molecule has 1 aromatic carbocycles. The van der Waals surface area contributed by atoms with Gasteiger partial charge in [0.1, 0.15) is 5.56 Å². The maximum absolute atomic E-state index is 13.4. The van der Waals surface area contributed by atoms with Gasteiger partial charge in [-0.05, 0) is 19.0 Å². The molecule has 130 valence electrons. The van der Waals surface area contributed by atoms with E-state index in [4.69, 9.17) is 8.85 Å². The van der Waals surface area contributed by atoms with Crippen molar-refractivity contribution < 1.29 is 35.6 Å². The van der Waals surface area contributed by atoms with E-state index in [-0.39, 0.29) is 6.54 Å². The van der Waals surface area contributed by atoms with E-state index in [1.165, 1.54) is 14.2 Å². The first-order valence-corrected chi connectivity index (χ1v) is 9.10. The summed E-state index contributed by atoms with van der Waals surface area (Å²) in [6, 6.07) is 0.470. The summed E-state index contributed by atoms with van der Waals surface area (Å²) in [5.41, 5.74) is -1.50. The van der Waals surface area contributed by atoms with Crippen LogP contribution in [0.5, 0.6) is 0 Å². The fourth-order valence-corrected chi connectivity index (χ4v) is 3.19. The molecule has 0 spiro atoms. The molecule has 0 aliphatic carbocycles. The van der Waals surface area contributed by atoms with Crippen LogP contribution in [0.15, 0.2) is 0 Å². The van der Waals surface area contributed by atoms with Crippen LogP contribution in [0.1, 0.15) is 16.8 Å². The van der Waals surface area contributed by atoms with Crippen molar-refractivity contribution in [2.45, 2.75) is 19.0 Å². The zero-order valence-corrected chi connectivity index (χ0v) is 13.7. The molecule has 1 rings (SSSR count). The van der Waals surface area contributed by atoms with E-state index in [1.807, 2.05) is 0 Å². The van der Waals surface area contributed by atoms with Gasteiger partial charge in [0.25, 0.3) is 5.91 Å². The molecule has 1 N–H and O–H groups in total. The third-order valence-electron chi connectivity index (χ3n) is 3.39. The maximum atomic E-state index is 13.4. The fourth-order valence-electron chi connectivity index (χ4n) is 1.79. The Kier molecular flexibility index (Phi) is 6.65. The Labute approximate surface area is 130 Å². The summed E-state index contributed by atoms with van der Waals surface area (Å²) in [6.07, 6.45) is 0.353. The number of benzene rings is 1. The van der Waals surface area contributed by atoms with Crippen molar-refractivity contribution >= 4 is 14.5 Å². The molecule has 0 aliphatic rings. The monoisotopic (exact) mass is 357 g/mol. The normalized spacial score (nSPS) is 11.7. The van der Waals surface area contributed by atoms with Crippen molar-refractivity contribution in [2.24, 2.45) is 0 Å². The van der Waals surface area contributed by atoms with Crippen molar-refractivity contribution in [3.05, 3.63) is 34.6 Å². The molecule has 0 saturated carbocycles. The molecule has 0 heterocycles. The molecule has 1 aromatic rings. The van der Waals surface area contributed by atoms with Gasteiger partial charge in [-0.3, -0.25) is 4.79 Å². The Hall–Kier alpha value is -1.52. The summed E-state index contributed by atoms with van der Waals surface area (Å²) in [5.74, 6) is -12.3. The highest BCUT2D eigenvalue weighted by atomic mass is 28.4. The molecule has 0 unspecified atom stereocenters. The first-order chi connectivity index (χ1) is 10.7. The van der Waals surface area contributed by atoms with Gasteiger partial charge in [-0.15, -0.1) is 0 Å². The summed E-state index contributed by atoms with van der Waals surface area (Å²) in [6.45, 7) is 1.74. The van der Waals surface area contributed by atoms with Crippen molar-refractivity contribution in [1.82, 2.24) is 5.32 Å². The van der Waals surface area contributed by atoms with Gasteiger partial charge in [0.05, 0.1) is 0 Å². The Morgan fingerprint density at radius 1 is 0.957 bits per heavy atom. The third-order valence-corrected chi connectivity index (χ3v) is 6.38. The quantitative estimate of drug-likeness (QED) is 0.268. The van der Waals surface area contributed by atoms with Gasteiger partial charge in [0.15, 0.2) is 23.3 Å². The van der Waals surface area contributed by atoms with E-state index < -0.39 is 49.1 Å². The number of nitrogens with one attached hydrogen (secondary N) is 1. The van der Waals surface area contributed by atoms with Gasteiger partial charge in [-0.1, -0.05) is 0 Å². The van der Waals surface area contributed by atoms with Crippen molar-refractivity contribution in [1.29, 1.82) is 0 Å². The van der Waals surface area contributed by atoms with Crippen LogP contribution >= 0.6 is 0 Å². The lowest BCUT2D eigenvalue weighted by Gasteiger charge is -2.22. The van der Waals surface area contributed by atoms with Gasteiger partial charge >= 0.3 is 8.56 Å². The second-order valence-electron chi connectivity index (χ2n) is 4.85. The van der Waals surface area contributed by atoms with Gasteiger partial charge in [0, 0.05) is 20.8 Å². The summed E-state index contributed by atoms with van der Waals surface area (Å²) in [4.78, 5) is 11.7. The van der Waals surface area contributed by atoms with Gasteiger partial charge in [0.2, 0.25) is 5.82 Å². The molecule has 0 atom stereocenters. The zero-order valence-electron chi connectivity index (χ0n) is 12.7. The summed E-state index contributed by atoms with van der Waals surface area (Å²) in [5, 5.41) is 2.11. The predicted octanol–water partition coefficient (Wildman–Crippen LogP) is 2.87. The van der Waals surface area contributed by atoms with Crippen molar-refractivity contribution in [3.8, 4) is 0 Å². The van der Waals surface area contributed by atoms with E-state index in [0.717, 1.165) is 0 Å². The maximum Gasteiger partial charge on any atom is 0.334 e. The number of halogens is 5. The van der Waals surface area contributed by atoms with Crippen molar-refractivity contribution in [3.63, 3.8) is 0 Å². The third kappa shape index (κ3) is 4.27. The SMILES string of the molecule is CO[Si](C)(CCCNC(=O)c1c(F)c(F)c(F)c(F)c1F)OC. The highest BCUT2D eigenvalue weighted by molar-refractivity contribution is 6.65. The Bertz CT molecular complexity index is 566. The molecule has 0 bridgehead atoms. The standard InChI is InChI=1S/C13H16F5NO3Si/c1-21-23(3,22-2)6-4-5-19-13(20)7-8(14)10(16)12(18)11(17)9(7)15/h4-6H2,1-3H3,(H,19,20). The molecule has 0 radical (unpaired) electrons. The first-order valence-electron chi connectivity index (χ1n) is 6.58. The van der Waals surface area contributed by atoms with Crippen LogP contribution in [0.25, 0.3) is 0 Å². The van der Waals surface area contributed by atoms with Crippen LogP contribution in [0.4, 0.5) is 22.0 Å². The Balaban J connectivity index is 2.77. The van der Waals surface area contributed by atoms with E-state index in [2.05, 4.69) is 5.32 Å². The average molecular weight is 357 g/mol. The van der Waals surface area contributed by atoms with Crippen LogP contribution in [-0.4, -0.2) is 35.2 Å². The number of carbonyl (C=O) groups is 1.